The van der Waals surface area contributed by atoms with Crippen LogP contribution in [0.15, 0.2) is 30.3 Å². The second-order valence-electron chi connectivity index (χ2n) is 8.04. The van der Waals surface area contributed by atoms with Crippen LogP contribution >= 0.6 is 0 Å². The standard InChI is InChI=1S/C22H30O8/c1-4-21(2,3)20(24)26-13-12-25-19(23)18-10-11-22(30-18)28-15-17(29-22)14-27-16-8-6-5-7-9-16/h5-9,17-18H,4,10-15H2,1-3H3. The van der Waals surface area contributed by atoms with Gasteiger partial charge in [0.05, 0.1) is 12.0 Å². The van der Waals surface area contributed by atoms with Crippen molar-refractivity contribution in [1.29, 1.82) is 0 Å². The average Bonchev–Trinajstić information content (AvgIpc) is 3.36. The fourth-order valence-electron chi connectivity index (χ4n) is 3.04. The van der Waals surface area contributed by atoms with Crippen LogP contribution in [0.4, 0.5) is 0 Å². The first-order chi connectivity index (χ1) is 14.3. The zero-order valence-corrected chi connectivity index (χ0v) is 17.8. The highest BCUT2D eigenvalue weighted by Gasteiger charge is 2.51. The molecule has 2 heterocycles. The maximum absolute atomic E-state index is 12.3. The Balaban J connectivity index is 1.36. The van der Waals surface area contributed by atoms with Gasteiger partial charge in [-0.1, -0.05) is 25.1 Å². The van der Waals surface area contributed by atoms with E-state index in [1.165, 1.54) is 0 Å². The van der Waals surface area contributed by atoms with E-state index in [-0.39, 0.29) is 25.3 Å². The number of hydrogen-bond acceptors (Lipinski definition) is 8. The van der Waals surface area contributed by atoms with Gasteiger partial charge in [0, 0.05) is 6.42 Å². The Kier molecular flexibility index (Phi) is 7.33. The van der Waals surface area contributed by atoms with Crippen molar-refractivity contribution in [3.63, 3.8) is 0 Å². The lowest BCUT2D eigenvalue weighted by atomic mass is 9.91. The Morgan fingerprint density at radius 1 is 1.13 bits per heavy atom. The van der Waals surface area contributed by atoms with Crippen LogP contribution in [-0.4, -0.2) is 56.5 Å². The molecule has 8 nitrogen and oxygen atoms in total. The zero-order valence-electron chi connectivity index (χ0n) is 17.8. The van der Waals surface area contributed by atoms with Crippen molar-refractivity contribution < 1.29 is 38.0 Å². The lowest BCUT2D eigenvalue weighted by molar-refractivity contribution is -0.325. The summed E-state index contributed by atoms with van der Waals surface area (Å²) in [6.07, 6.45) is 0.450. The number of esters is 2. The van der Waals surface area contributed by atoms with Crippen molar-refractivity contribution in [1.82, 2.24) is 0 Å². The highest BCUT2D eigenvalue weighted by Crippen LogP contribution is 2.38. The molecule has 2 aliphatic heterocycles. The average molecular weight is 422 g/mol. The summed E-state index contributed by atoms with van der Waals surface area (Å²) >= 11 is 0. The van der Waals surface area contributed by atoms with Gasteiger partial charge in [-0.05, 0) is 38.8 Å². The molecule has 0 aromatic heterocycles. The van der Waals surface area contributed by atoms with Gasteiger partial charge in [0.15, 0.2) is 6.10 Å². The third-order valence-electron chi connectivity index (χ3n) is 5.31. The number of hydrogen-bond donors (Lipinski definition) is 0. The van der Waals surface area contributed by atoms with Crippen molar-refractivity contribution in [2.45, 2.75) is 58.2 Å². The van der Waals surface area contributed by atoms with Crippen LogP contribution in [-0.2, 0) is 33.3 Å². The van der Waals surface area contributed by atoms with Crippen molar-refractivity contribution in [3.8, 4) is 5.75 Å². The van der Waals surface area contributed by atoms with E-state index in [0.29, 0.717) is 32.5 Å². The summed E-state index contributed by atoms with van der Waals surface area (Å²) in [6, 6.07) is 9.43. The zero-order chi connectivity index (χ0) is 21.6. The Morgan fingerprint density at radius 2 is 1.87 bits per heavy atom. The molecule has 166 valence electrons. The number of benzene rings is 1. The summed E-state index contributed by atoms with van der Waals surface area (Å²) in [4.78, 5) is 24.2. The van der Waals surface area contributed by atoms with E-state index >= 15 is 0 Å². The molecular weight excluding hydrogens is 392 g/mol. The molecule has 1 spiro atoms. The molecule has 0 radical (unpaired) electrons. The van der Waals surface area contributed by atoms with E-state index in [1.807, 2.05) is 51.1 Å². The lowest BCUT2D eigenvalue weighted by Crippen LogP contribution is -2.35. The molecule has 1 aromatic rings. The first-order valence-electron chi connectivity index (χ1n) is 10.3. The van der Waals surface area contributed by atoms with Crippen LogP contribution < -0.4 is 4.74 Å². The molecule has 8 heteroatoms. The molecule has 2 saturated heterocycles. The number of ether oxygens (including phenoxy) is 6. The molecule has 0 N–H and O–H groups in total. The number of carbonyl (C=O) groups is 2. The molecule has 3 atom stereocenters. The first kappa shape index (κ1) is 22.5. The van der Waals surface area contributed by atoms with E-state index in [0.717, 1.165) is 5.75 Å². The largest absolute Gasteiger partial charge is 0.491 e. The minimum absolute atomic E-state index is 0.0117. The van der Waals surface area contributed by atoms with Crippen LogP contribution in [0.1, 0.15) is 40.0 Å². The number of rotatable bonds is 9. The summed E-state index contributed by atoms with van der Waals surface area (Å²) in [6.45, 7) is 6.17. The predicted octanol–water partition coefficient (Wildman–Crippen LogP) is 2.84. The number of para-hydroxylation sites is 1. The van der Waals surface area contributed by atoms with Gasteiger partial charge in [-0.3, -0.25) is 4.79 Å². The molecule has 3 rings (SSSR count). The van der Waals surface area contributed by atoms with E-state index in [9.17, 15) is 9.59 Å². The van der Waals surface area contributed by atoms with Crippen molar-refractivity contribution in [2.75, 3.05) is 26.4 Å². The Morgan fingerprint density at radius 3 is 2.60 bits per heavy atom. The normalized spacial score (nSPS) is 26.0. The fourth-order valence-corrected chi connectivity index (χ4v) is 3.04. The molecule has 2 fully saturated rings. The van der Waals surface area contributed by atoms with Gasteiger partial charge in [0.2, 0.25) is 0 Å². The van der Waals surface area contributed by atoms with Crippen LogP contribution in [0, 0.1) is 5.41 Å². The summed E-state index contributed by atoms with van der Waals surface area (Å²) < 4.78 is 33.3. The minimum Gasteiger partial charge on any atom is -0.491 e. The van der Waals surface area contributed by atoms with Crippen LogP contribution in [0.25, 0.3) is 0 Å². The molecule has 2 aliphatic rings. The van der Waals surface area contributed by atoms with Gasteiger partial charge < -0.3 is 28.4 Å². The Hall–Kier alpha value is -2.16. The monoisotopic (exact) mass is 422 g/mol. The second-order valence-corrected chi connectivity index (χ2v) is 8.04. The van der Waals surface area contributed by atoms with Crippen molar-refractivity contribution >= 4 is 11.9 Å². The molecule has 0 bridgehead atoms. The molecular formula is C22H30O8. The summed E-state index contributed by atoms with van der Waals surface area (Å²) in [5.74, 6) is -1.31. The van der Waals surface area contributed by atoms with E-state index in [4.69, 9.17) is 28.4 Å². The lowest BCUT2D eigenvalue weighted by Gasteiger charge is -2.22. The Labute approximate surface area is 176 Å². The van der Waals surface area contributed by atoms with Gasteiger partial charge in [0.25, 0.3) is 5.97 Å². The van der Waals surface area contributed by atoms with Gasteiger partial charge in [0.1, 0.15) is 31.7 Å². The van der Waals surface area contributed by atoms with Gasteiger partial charge >= 0.3 is 11.9 Å². The fraction of sp³-hybridized carbons (Fsp3) is 0.636. The molecule has 30 heavy (non-hydrogen) atoms. The predicted molar refractivity (Wildman–Crippen MR) is 106 cm³/mol. The SMILES string of the molecule is CCC(C)(C)C(=O)OCCOC(=O)C1CCC2(OCC(COc3ccccc3)O2)O1. The van der Waals surface area contributed by atoms with Crippen LogP contribution in [0.3, 0.4) is 0 Å². The number of carbonyl (C=O) groups excluding carboxylic acids is 2. The first-order valence-corrected chi connectivity index (χ1v) is 10.3. The van der Waals surface area contributed by atoms with E-state index in [1.54, 1.807) is 0 Å². The summed E-state index contributed by atoms with van der Waals surface area (Å²) in [5, 5.41) is 0. The topological polar surface area (TPSA) is 89.5 Å². The van der Waals surface area contributed by atoms with Gasteiger partial charge in [-0.15, -0.1) is 0 Å². The molecule has 0 saturated carbocycles. The third-order valence-corrected chi connectivity index (χ3v) is 5.31. The van der Waals surface area contributed by atoms with Crippen LogP contribution in [0.2, 0.25) is 0 Å². The summed E-state index contributed by atoms with van der Waals surface area (Å²) in [7, 11) is 0. The van der Waals surface area contributed by atoms with E-state index < -0.39 is 23.5 Å². The maximum Gasteiger partial charge on any atom is 0.335 e. The maximum atomic E-state index is 12.3. The molecule has 0 amide bonds. The summed E-state index contributed by atoms with van der Waals surface area (Å²) in [5.41, 5.74) is -0.553. The van der Waals surface area contributed by atoms with Gasteiger partial charge in [-0.2, -0.15) is 0 Å². The molecule has 1 aromatic carbocycles. The van der Waals surface area contributed by atoms with Crippen molar-refractivity contribution in [3.05, 3.63) is 30.3 Å². The minimum atomic E-state index is -1.23. The third kappa shape index (κ3) is 5.71. The smallest absolute Gasteiger partial charge is 0.335 e. The van der Waals surface area contributed by atoms with Crippen LogP contribution in [0.5, 0.6) is 5.75 Å². The quantitative estimate of drug-likeness (QED) is 0.443. The second kappa shape index (κ2) is 9.76. The molecule has 3 unspecified atom stereocenters. The molecule has 0 aliphatic carbocycles. The highest BCUT2D eigenvalue weighted by atomic mass is 16.9. The van der Waals surface area contributed by atoms with Gasteiger partial charge in [-0.25, -0.2) is 4.79 Å². The highest BCUT2D eigenvalue weighted by molar-refractivity contribution is 5.76. The Bertz CT molecular complexity index is 719. The van der Waals surface area contributed by atoms with Crippen molar-refractivity contribution in [2.24, 2.45) is 5.41 Å². The van der Waals surface area contributed by atoms with E-state index in [2.05, 4.69) is 0 Å².